The van der Waals surface area contributed by atoms with Gasteiger partial charge >= 0.3 is 5.97 Å². The summed E-state index contributed by atoms with van der Waals surface area (Å²) in [4.78, 5) is 22.0. The second-order valence-corrected chi connectivity index (χ2v) is 4.90. The number of carbonyl (C=O) groups is 2. The molecule has 1 atom stereocenters. The van der Waals surface area contributed by atoms with Crippen molar-refractivity contribution in [3.05, 3.63) is 47.3 Å². The molecule has 2 aromatic rings. The van der Waals surface area contributed by atoms with Crippen molar-refractivity contribution in [1.29, 1.82) is 0 Å². The highest BCUT2D eigenvalue weighted by Gasteiger charge is 2.12. The molecule has 2 rings (SSSR count). The molecule has 6 heteroatoms. The van der Waals surface area contributed by atoms with Crippen LogP contribution < -0.4 is 5.32 Å². The molecule has 0 bridgehead atoms. The van der Waals surface area contributed by atoms with Gasteiger partial charge in [0, 0.05) is 12.6 Å². The summed E-state index contributed by atoms with van der Waals surface area (Å²) < 4.78 is 1.58. The standard InChI is InChI=1S/C15H17N3O3/c1-9-8-14(15(20)21)17-18(9)13-6-4-12(5-7-13)10(2)16-11(3)19/h4-8,10H,1-3H3,(H,16,19)(H,20,21). The Morgan fingerprint density at radius 2 is 1.90 bits per heavy atom. The first-order valence-corrected chi connectivity index (χ1v) is 6.56. The zero-order valence-corrected chi connectivity index (χ0v) is 12.1. The molecule has 6 nitrogen and oxygen atoms in total. The Morgan fingerprint density at radius 3 is 2.38 bits per heavy atom. The molecule has 2 N–H and O–H groups in total. The molecule has 0 spiro atoms. The number of carboxylic acid groups (broad SMARTS) is 1. The van der Waals surface area contributed by atoms with Crippen LogP contribution in [-0.2, 0) is 4.79 Å². The first-order valence-electron chi connectivity index (χ1n) is 6.56. The van der Waals surface area contributed by atoms with Crippen LogP contribution in [0.1, 0.15) is 41.6 Å². The second kappa shape index (κ2) is 5.78. The molecule has 0 aliphatic rings. The van der Waals surface area contributed by atoms with Crippen LogP contribution in [0.4, 0.5) is 0 Å². The third-order valence-electron chi connectivity index (χ3n) is 3.16. The predicted molar refractivity (Wildman–Crippen MR) is 77.5 cm³/mol. The number of amides is 1. The van der Waals surface area contributed by atoms with Gasteiger partial charge in [0.15, 0.2) is 5.69 Å². The van der Waals surface area contributed by atoms with Crippen molar-refractivity contribution >= 4 is 11.9 Å². The summed E-state index contributed by atoms with van der Waals surface area (Å²) in [5.74, 6) is -1.13. The fourth-order valence-electron chi connectivity index (χ4n) is 2.13. The number of nitrogens with zero attached hydrogens (tertiary/aromatic N) is 2. The maximum absolute atomic E-state index is 11.0. The fraction of sp³-hybridized carbons (Fsp3) is 0.267. The summed E-state index contributed by atoms with van der Waals surface area (Å²) in [6, 6.07) is 8.91. The molecule has 1 amide bonds. The highest BCUT2D eigenvalue weighted by atomic mass is 16.4. The number of benzene rings is 1. The number of aromatic carboxylic acids is 1. The minimum atomic E-state index is -1.05. The number of rotatable bonds is 4. The van der Waals surface area contributed by atoms with Crippen LogP contribution in [0.3, 0.4) is 0 Å². The number of aromatic nitrogens is 2. The molecule has 0 aliphatic carbocycles. The van der Waals surface area contributed by atoms with Crippen molar-refractivity contribution < 1.29 is 14.7 Å². The Hall–Kier alpha value is -2.63. The van der Waals surface area contributed by atoms with Gasteiger partial charge in [-0.3, -0.25) is 4.79 Å². The van der Waals surface area contributed by atoms with Crippen LogP contribution in [-0.4, -0.2) is 26.8 Å². The van der Waals surface area contributed by atoms with Crippen LogP contribution in [0.15, 0.2) is 30.3 Å². The molecule has 0 saturated heterocycles. The molecular weight excluding hydrogens is 270 g/mol. The van der Waals surface area contributed by atoms with Gasteiger partial charge in [-0.2, -0.15) is 5.10 Å². The third-order valence-corrected chi connectivity index (χ3v) is 3.16. The SMILES string of the molecule is CC(=O)NC(C)c1ccc(-n2nc(C(=O)O)cc2C)cc1. The Bertz CT molecular complexity index is 674. The maximum Gasteiger partial charge on any atom is 0.356 e. The van der Waals surface area contributed by atoms with Gasteiger partial charge in [-0.1, -0.05) is 12.1 Å². The van der Waals surface area contributed by atoms with E-state index in [1.807, 2.05) is 31.2 Å². The minimum absolute atomic E-state index is 0.0168. The van der Waals surface area contributed by atoms with Crippen LogP contribution in [0.5, 0.6) is 0 Å². The van der Waals surface area contributed by atoms with Gasteiger partial charge in [0.05, 0.1) is 11.7 Å². The van der Waals surface area contributed by atoms with Gasteiger partial charge in [0.25, 0.3) is 0 Å². The molecule has 1 aromatic carbocycles. The monoisotopic (exact) mass is 287 g/mol. The summed E-state index contributed by atoms with van der Waals surface area (Å²) in [7, 11) is 0. The summed E-state index contributed by atoms with van der Waals surface area (Å²) in [6.07, 6.45) is 0. The average Bonchev–Trinajstić information content (AvgIpc) is 2.80. The highest BCUT2D eigenvalue weighted by molar-refractivity contribution is 5.85. The number of hydrogen-bond donors (Lipinski definition) is 2. The number of nitrogens with one attached hydrogen (secondary N) is 1. The van der Waals surface area contributed by atoms with Gasteiger partial charge < -0.3 is 10.4 Å². The van der Waals surface area contributed by atoms with E-state index in [2.05, 4.69) is 10.4 Å². The molecule has 1 aromatic heterocycles. The average molecular weight is 287 g/mol. The number of hydrogen-bond acceptors (Lipinski definition) is 3. The fourth-order valence-corrected chi connectivity index (χ4v) is 2.13. The van der Waals surface area contributed by atoms with E-state index in [0.29, 0.717) is 0 Å². The Labute approximate surface area is 122 Å². The quantitative estimate of drug-likeness (QED) is 0.901. The predicted octanol–water partition coefficient (Wildman–Crippen LogP) is 2.08. The van der Waals surface area contributed by atoms with E-state index in [4.69, 9.17) is 5.11 Å². The summed E-state index contributed by atoms with van der Waals surface area (Å²) in [6.45, 7) is 5.18. The second-order valence-electron chi connectivity index (χ2n) is 4.90. The van der Waals surface area contributed by atoms with Crippen molar-refractivity contribution in [2.24, 2.45) is 0 Å². The van der Waals surface area contributed by atoms with Gasteiger partial charge in [-0.05, 0) is 37.6 Å². The molecule has 0 fully saturated rings. The van der Waals surface area contributed by atoms with Crippen LogP contribution in [0, 0.1) is 6.92 Å². The summed E-state index contributed by atoms with van der Waals surface area (Å²) >= 11 is 0. The lowest BCUT2D eigenvalue weighted by Gasteiger charge is -2.13. The molecule has 110 valence electrons. The van der Waals surface area contributed by atoms with Crippen molar-refractivity contribution in [1.82, 2.24) is 15.1 Å². The van der Waals surface area contributed by atoms with E-state index in [-0.39, 0.29) is 17.6 Å². The Kier molecular flexibility index (Phi) is 4.07. The van der Waals surface area contributed by atoms with Crippen molar-refractivity contribution in [3.8, 4) is 5.69 Å². The number of carbonyl (C=O) groups excluding carboxylic acids is 1. The van der Waals surface area contributed by atoms with E-state index in [0.717, 1.165) is 16.9 Å². The molecule has 21 heavy (non-hydrogen) atoms. The van der Waals surface area contributed by atoms with Crippen molar-refractivity contribution in [3.63, 3.8) is 0 Å². The molecule has 1 unspecified atom stereocenters. The van der Waals surface area contributed by atoms with Gasteiger partial charge in [-0.15, -0.1) is 0 Å². The maximum atomic E-state index is 11.0. The molecular formula is C15H17N3O3. The zero-order valence-electron chi connectivity index (χ0n) is 12.1. The smallest absolute Gasteiger partial charge is 0.356 e. The Morgan fingerprint density at radius 1 is 1.29 bits per heavy atom. The first kappa shape index (κ1) is 14.8. The highest BCUT2D eigenvalue weighted by Crippen LogP contribution is 2.17. The molecule has 0 aliphatic heterocycles. The van der Waals surface area contributed by atoms with Gasteiger partial charge in [0.2, 0.25) is 5.91 Å². The number of carboxylic acids is 1. The lowest BCUT2D eigenvalue weighted by atomic mass is 10.1. The van der Waals surface area contributed by atoms with Gasteiger partial charge in [-0.25, -0.2) is 9.48 Å². The first-order chi connectivity index (χ1) is 9.88. The Balaban J connectivity index is 2.26. The zero-order chi connectivity index (χ0) is 15.6. The van der Waals surface area contributed by atoms with E-state index < -0.39 is 5.97 Å². The lowest BCUT2D eigenvalue weighted by molar-refractivity contribution is -0.119. The number of aryl methyl sites for hydroxylation is 1. The largest absolute Gasteiger partial charge is 0.476 e. The third kappa shape index (κ3) is 3.28. The lowest BCUT2D eigenvalue weighted by Crippen LogP contribution is -2.23. The van der Waals surface area contributed by atoms with E-state index >= 15 is 0 Å². The van der Waals surface area contributed by atoms with Crippen LogP contribution in [0.25, 0.3) is 5.69 Å². The van der Waals surface area contributed by atoms with E-state index in [1.54, 1.807) is 11.6 Å². The van der Waals surface area contributed by atoms with Crippen LogP contribution >= 0.6 is 0 Å². The summed E-state index contributed by atoms with van der Waals surface area (Å²) in [5, 5.41) is 15.8. The van der Waals surface area contributed by atoms with Gasteiger partial charge in [0.1, 0.15) is 0 Å². The minimum Gasteiger partial charge on any atom is -0.476 e. The van der Waals surface area contributed by atoms with E-state index in [1.165, 1.54) is 13.0 Å². The normalized spacial score (nSPS) is 12.0. The van der Waals surface area contributed by atoms with Crippen LogP contribution in [0.2, 0.25) is 0 Å². The van der Waals surface area contributed by atoms with E-state index in [9.17, 15) is 9.59 Å². The molecule has 0 radical (unpaired) electrons. The molecule has 0 saturated carbocycles. The topological polar surface area (TPSA) is 84.2 Å². The summed E-state index contributed by atoms with van der Waals surface area (Å²) in [5.41, 5.74) is 2.51. The van der Waals surface area contributed by atoms with Crippen molar-refractivity contribution in [2.75, 3.05) is 0 Å². The van der Waals surface area contributed by atoms with Crippen molar-refractivity contribution in [2.45, 2.75) is 26.8 Å². The molecule has 1 heterocycles.